The van der Waals surface area contributed by atoms with E-state index in [0.717, 1.165) is 5.56 Å². The monoisotopic (exact) mass is 192 g/mol. The Hall–Kier alpha value is -1.35. The van der Waals surface area contributed by atoms with Crippen LogP contribution in [0.2, 0.25) is 0 Å². The summed E-state index contributed by atoms with van der Waals surface area (Å²) in [6.07, 6.45) is 0.603. The first kappa shape index (κ1) is 9.21. The van der Waals surface area contributed by atoms with Gasteiger partial charge >= 0.3 is 5.97 Å². The maximum absolute atomic E-state index is 11.6. The van der Waals surface area contributed by atoms with Crippen LogP contribution in [-0.2, 0) is 15.9 Å². The number of rotatable bonds is 1. The highest BCUT2D eigenvalue weighted by Crippen LogP contribution is 2.28. The van der Waals surface area contributed by atoms with Crippen LogP contribution in [0.5, 0.6) is 0 Å². The Kier molecular flexibility index (Phi) is 2.04. The Labute approximate surface area is 82.6 Å². The molecule has 0 saturated heterocycles. The number of hydrogen-bond acceptors (Lipinski definition) is 3. The molecule has 0 N–H and O–H groups in total. The second kappa shape index (κ2) is 3.10. The SMILES string of the molecule is COC1(C)Cc2ccccc2C(=O)O1. The molecular weight excluding hydrogens is 180 g/mol. The van der Waals surface area contributed by atoms with E-state index in [1.54, 1.807) is 20.1 Å². The van der Waals surface area contributed by atoms with Crippen LogP contribution < -0.4 is 0 Å². The molecule has 14 heavy (non-hydrogen) atoms. The van der Waals surface area contributed by atoms with Gasteiger partial charge in [-0.2, -0.15) is 0 Å². The predicted molar refractivity (Wildman–Crippen MR) is 51.0 cm³/mol. The van der Waals surface area contributed by atoms with Gasteiger partial charge in [-0.1, -0.05) is 18.2 Å². The summed E-state index contributed by atoms with van der Waals surface area (Å²) in [5, 5.41) is 0. The van der Waals surface area contributed by atoms with Crippen molar-refractivity contribution in [1.29, 1.82) is 0 Å². The van der Waals surface area contributed by atoms with Crippen molar-refractivity contribution >= 4 is 5.97 Å². The number of methoxy groups -OCH3 is 1. The fourth-order valence-corrected chi connectivity index (χ4v) is 1.62. The summed E-state index contributed by atoms with van der Waals surface area (Å²) >= 11 is 0. The Morgan fingerprint density at radius 1 is 1.43 bits per heavy atom. The highest BCUT2D eigenvalue weighted by Gasteiger charge is 2.35. The molecule has 1 atom stereocenters. The average Bonchev–Trinajstić information content (AvgIpc) is 2.18. The van der Waals surface area contributed by atoms with Gasteiger partial charge in [0.05, 0.1) is 5.56 Å². The first-order chi connectivity index (χ1) is 6.64. The van der Waals surface area contributed by atoms with Gasteiger partial charge in [0.25, 0.3) is 0 Å². The van der Waals surface area contributed by atoms with Crippen LogP contribution in [-0.4, -0.2) is 18.9 Å². The number of hydrogen-bond donors (Lipinski definition) is 0. The van der Waals surface area contributed by atoms with Gasteiger partial charge in [0, 0.05) is 20.5 Å². The lowest BCUT2D eigenvalue weighted by atomic mass is 9.97. The Bertz CT molecular complexity index is 373. The van der Waals surface area contributed by atoms with E-state index < -0.39 is 5.79 Å². The van der Waals surface area contributed by atoms with E-state index >= 15 is 0 Å². The topological polar surface area (TPSA) is 35.5 Å². The molecule has 1 aromatic rings. The third-order valence-corrected chi connectivity index (χ3v) is 2.49. The molecule has 74 valence electrons. The van der Waals surface area contributed by atoms with Gasteiger partial charge in [0.2, 0.25) is 5.79 Å². The van der Waals surface area contributed by atoms with Gasteiger partial charge < -0.3 is 9.47 Å². The van der Waals surface area contributed by atoms with Gasteiger partial charge in [-0.3, -0.25) is 0 Å². The molecule has 2 rings (SSSR count). The summed E-state index contributed by atoms with van der Waals surface area (Å²) in [7, 11) is 1.54. The maximum atomic E-state index is 11.6. The van der Waals surface area contributed by atoms with Gasteiger partial charge in [-0.15, -0.1) is 0 Å². The second-order valence-corrected chi connectivity index (χ2v) is 3.56. The molecule has 0 aromatic heterocycles. The second-order valence-electron chi connectivity index (χ2n) is 3.56. The molecule has 3 nitrogen and oxygen atoms in total. The molecule has 0 aliphatic carbocycles. The molecule has 0 amide bonds. The minimum atomic E-state index is -0.814. The average molecular weight is 192 g/mol. The number of fused-ring (bicyclic) bond motifs is 1. The highest BCUT2D eigenvalue weighted by atomic mass is 16.7. The number of benzene rings is 1. The fourth-order valence-electron chi connectivity index (χ4n) is 1.62. The lowest BCUT2D eigenvalue weighted by Gasteiger charge is -2.32. The molecule has 0 saturated carbocycles. The number of carbonyl (C=O) groups is 1. The molecule has 1 unspecified atom stereocenters. The molecule has 0 spiro atoms. The number of ether oxygens (including phenoxy) is 2. The Morgan fingerprint density at radius 3 is 2.86 bits per heavy atom. The first-order valence-electron chi connectivity index (χ1n) is 4.51. The highest BCUT2D eigenvalue weighted by molar-refractivity contribution is 5.92. The largest absolute Gasteiger partial charge is 0.429 e. The third-order valence-electron chi connectivity index (χ3n) is 2.49. The van der Waals surface area contributed by atoms with E-state index in [1.807, 2.05) is 18.2 Å². The van der Waals surface area contributed by atoms with Gasteiger partial charge in [0.1, 0.15) is 0 Å². The summed E-state index contributed by atoms with van der Waals surface area (Å²) in [6, 6.07) is 7.43. The fraction of sp³-hybridized carbons (Fsp3) is 0.364. The van der Waals surface area contributed by atoms with Crippen molar-refractivity contribution in [2.24, 2.45) is 0 Å². The van der Waals surface area contributed by atoms with Crippen LogP contribution >= 0.6 is 0 Å². The normalized spacial score (nSPS) is 25.4. The van der Waals surface area contributed by atoms with E-state index in [4.69, 9.17) is 9.47 Å². The van der Waals surface area contributed by atoms with Crippen molar-refractivity contribution in [3.05, 3.63) is 35.4 Å². The lowest BCUT2D eigenvalue weighted by molar-refractivity contribution is -0.177. The molecule has 3 heteroatoms. The zero-order valence-electron chi connectivity index (χ0n) is 8.24. The predicted octanol–water partition coefficient (Wildman–Crippen LogP) is 1.76. The summed E-state index contributed by atoms with van der Waals surface area (Å²) in [6.45, 7) is 1.76. The van der Waals surface area contributed by atoms with E-state index in [0.29, 0.717) is 12.0 Å². The van der Waals surface area contributed by atoms with Crippen LogP contribution in [0.25, 0.3) is 0 Å². The van der Waals surface area contributed by atoms with Crippen molar-refractivity contribution in [2.75, 3.05) is 7.11 Å². The standard InChI is InChI=1S/C11H12O3/c1-11(13-2)7-8-5-3-4-6-9(8)10(12)14-11/h3-6H,7H2,1-2H3. The molecule has 1 aliphatic heterocycles. The Balaban J connectivity index is 2.43. The Morgan fingerprint density at radius 2 is 2.14 bits per heavy atom. The number of esters is 1. The first-order valence-corrected chi connectivity index (χ1v) is 4.51. The van der Waals surface area contributed by atoms with Crippen LogP contribution in [0, 0.1) is 0 Å². The van der Waals surface area contributed by atoms with Crippen molar-refractivity contribution < 1.29 is 14.3 Å². The van der Waals surface area contributed by atoms with E-state index in [1.165, 1.54) is 0 Å². The van der Waals surface area contributed by atoms with Crippen LogP contribution in [0.15, 0.2) is 24.3 Å². The third kappa shape index (κ3) is 1.40. The molecule has 1 heterocycles. The smallest absolute Gasteiger partial charge is 0.340 e. The van der Waals surface area contributed by atoms with Crippen LogP contribution in [0.3, 0.4) is 0 Å². The van der Waals surface area contributed by atoms with Gasteiger partial charge in [-0.05, 0) is 11.6 Å². The summed E-state index contributed by atoms with van der Waals surface area (Å²) < 4.78 is 10.4. The molecule has 0 radical (unpaired) electrons. The zero-order chi connectivity index (χ0) is 10.2. The summed E-state index contributed by atoms with van der Waals surface area (Å²) in [5.74, 6) is -1.12. The molecule has 1 aromatic carbocycles. The lowest BCUT2D eigenvalue weighted by Crippen LogP contribution is -2.40. The summed E-state index contributed by atoms with van der Waals surface area (Å²) in [5.41, 5.74) is 1.62. The molecule has 0 bridgehead atoms. The van der Waals surface area contributed by atoms with Crippen molar-refractivity contribution in [3.8, 4) is 0 Å². The zero-order valence-corrected chi connectivity index (χ0v) is 8.24. The van der Waals surface area contributed by atoms with Gasteiger partial charge in [-0.25, -0.2) is 4.79 Å². The quantitative estimate of drug-likeness (QED) is 0.636. The summed E-state index contributed by atoms with van der Waals surface area (Å²) in [4.78, 5) is 11.6. The minimum absolute atomic E-state index is 0.309. The molecule has 0 fully saturated rings. The minimum Gasteiger partial charge on any atom is -0.429 e. The van der Waals surface area contributed by atoms with Crippen molar-refractivity contribution in [2.45, 2.75) is 19.1 Å². The van der Waals surface area contributed by atoms with E-state index in [-0.39, 0.29) is 5.97 Å². The van der Waals surface area contributed by atoms with Crippen LogP contribution in [0.1, 0.15) is 22.8 Å². The van der Waals surface area contributed by atoms with Crippen molar-refractivity contribution in [1.82, 2.24) is 0 Å². The van der Waals surface area contributed by atoms with E-state index in [9.17, 15) is 4.79 Å². The van der Waals surface area contributed by atoms with E-state index in [2.05, 4.69) is 0 Å². The molecule has 1 aliphatic rings. The molecular formula is C11H12O3. The maximum Gasteiger partial charge on any atom is 0.340 e. The number of carbonyl (C=O) groups excluding carboxylic acids is 1. The van der Waals surface area contributed by atoms with Crippen LogP contribution in [0.4, 0.5) is 0 Å². The van der Waals surface area contributed by atoms with Gasteiger partial charge in [0.15, 0.2) is 0 Å². The van der Waals surface area contributed by atoms with Crippen molar-refractivity contribution in [3.63, 3.8) is 0 Å². The number of cyclic esters (lactones) is 1.